The van der Waals surface area contributed by atoms with Gasteiger partial charge in [0.25, 0.3) is 0 Å². The molecule has 0 saturated carbocycles. The fraction of sp³-hybridized carbons (Fsp3) is 0.936. The van der Waals surface area contributed by atoms with Gasteiger partial charge in [0.05, 0.1) is 19.8 Å². The molecule has 0 unspecified atom stereocenters. The summed E-state index contributed by atoms with van der Waals surface area (Å²) >= 11 is 0. The molecule has 0 spiro atoms. The van der Waals surface area contributed by atoms with E-state index in [0.29, 0.717) is 37.9 Å². The van der Waals surface area contributed by atoms with Gasteiger partial charge in [-0.05, 0) is 50.4 Å². The van der Waals surface area contributed by atoms with Crippen molar-refractivity contribution in [2.45, 2.75) is 240 Å². The standard InChI is InChI=1S/C47H91NO6/c1-5-9-21-29-43(30-22-10-6-2)36-41-53-46(51)33-25-17-13-15-19-27-38-48(45(50)35-40-49)39-28-20-16-14-18-26-34-47(52)54-42-37-44(31-23-11-7-3)32-24-12-8-4/h43-44,49H,5-42H2,1-4H3. The molecule has 1 amide bonds. The minimum Gasteiger partial charge on any atom is -0.466 e. The molecular weight excluding hydrogens is 675 g/mol. The zero-order valence-electron chi connectivity index (χ0n) is 36.5. The molecule has 0 aromatic carbocycles. The molecule has 0 rings (SSSR count). The second kappa shape index (κ2) is 41.0. The van der Waals surface area contributed by atoms with E-state index in [1.165, 1.54) is 103 Å². The Kier molecular flexibility index (Phi) is 39.8. The lowest BCUT2D eigenvalue weighted by Crippen LogP contribution is -2.33. The number of rotatable bonds is 42. The Morgan fingerprint density at radius 2 is 0.759 bits per heavy atom. The number of aliphatic hydroxyl groups excluding tert-OH is 1. The van der Waals surface area contributed by atoms with Crippen molar-refractivity contribution in [1.29, 1.82) is 0 Å². The van der Waals surface area contributed by atoms with Gasteiger partial charge in [-0.15, -0.1) is 0 Å². The van der Waals surface area contributed by atoms with Crippen LogP contribution >= 0.6 is 0 Å². The predicted molar refractivity (Wildman–Crippen MR) is 228 cm³/mol. The Morgan fingerprint density at radius 1 is 0.426 bits per heavy atom. The Labute approximate surface area is 335 Å². The molecule has 0 radical (unpaired) electrons. The number of unbranched alkanes of at least 4 members (excludes halogenated alkanes) is 18. The van der Waals surface area contributed by atoms with Crippen LogP contribution in [0.15, 0.2) is 0 Å². The first-order valence-corrected chi connectivity index (χ1v) is 23.6. The fourth-order valence-corrected chi connectivity index (χ4v) is 7.59. The van der Waals surface area contributed by atoms with Gasteiger partial charge in [-0.2, -0.15) is 0 Å². The second-order valence-corrected chi connectivity index (χ2v) is 16.3. The normalized spacial score (nSPS) is 11.5. The minimum absolute atomic E-state index is 0.0429. The average molecular weight is 766 g/mol. The van der Waals surface area contributed by atoms with Crippen LogP contribution in [0, 0.1) is 11.8 Å². The summed E-state index contributed by atoms with van der Waals surface area (Å²) in [6.45, 7) is 11.6. The molecule has 0 aromatic heterocycles. The summed E-state index contributed by atoms with van der Waals surface area (Å²) in [5.41, 5.74) is 0. The molecule has 0 aliphatic carbocycles. The maximum Gasteiger partial charge on any atom is 0.305 e. The summed E-state index contributed by atoms with van der Waals surface area (Å²) in [5, 5.41) is 9.34. The molecule has 0 saturated heterocycles. The van der Waals surface area contributed by atoms with E-state index in [2.05, 4.69) is 27.7 Å². The summed E-state index contributed by atoms with van der Waals surface area (Å²) < 4.78 is 11.2. The number of hydrogen-bond acceptors (Lipinski definition) is 6. The van der Waals surface area contributed by atoms with E-state index in [9.17, 15) is 19.5 Å². The van der Waals surface area contributed by atoms with Crippen LogP contribution in [0.1, 0.15) is 240 Å². The lowest BCUT2D eigenvalue weighted by atomic mass is 9.92. The summed E-state index contributed by atoms with van der Waals surface area (Å²) in [6.07, 6.45) is 36.1. The lowest BCUT2D eigenvalue weighted by molar-refractivity contribution is -0.145. The van der Waals surface area contributed by atoms with Gasteiger partial charge in [0.1, 0.15) is 0 Å². The maximum absolute atomic E-state index is 12.6. The number of esters is 2. The van der Waals surface area contributed by atoms with Crippen LogP contribution < -0.4 is 0 Å². The number of carbonyl (C=O) groups is 3. The first-order chi connectivity index (χ1) is 26.4. The van der Waals surface area contributed by atoms with E-state index in [0.717, 1.165) is 103 Å². The Bertz CT molecular complexity index is 757. The highest BCUT2D eigenvalue weighted by Crippen LogP contribution is 2.23. The van der Waals surface area contributed by atoms with E-state index >= 15 is 0 Å². The first kappa shape index (κ1) is 52.4. The third-order valence-electron chi connectivity index (χ3n) is 11.2. The van der Waals surface area contributed by atoms with Gasteiger partial charge in [0, 0.05) is 32.4 Å². The number of carbonyl (C=O) groups excluding carboxylic acids is 3. The summed E-state index contributed by atoms with van der Waals surface area (Å²) in [4.78, 5) is 39.1. The van der Waals surface area contributed by atoms with E-state index in [1.807, 2.05) is 4.90 Å². The van der Waals surface area contributed by atoms with Crippen molar-refractivity contribution in [3.63, 3.8) is 0 Å². The van der Waals surface area contributed by atoms with Crippen molar-refractivity contribution in [1.82, 2.24) is 4.90 Å². The van der Waals surface area contributed by atoms with Crippen molar-refractivity contribution in [3.05, 3.63) is 0 Å². The van der Waals surface area contributed by atoms with Crippen LogP contribution in [0.5, 0.6) is 0 Å². The monoisotopic (exact) mass is 766 g/mol. The molecular formula is C47H91NO6. The van der Waals surface area contributed by atoms with E-state index < -0.39 is 0 Å². The molecule has 7 heteroatoms. The van der Waals surface area contributed by atoms with Gasteiger partial charge in [0.15, 0.2) is 0 Å². The first-order valence-electron chi connectivity index (χ1n) is 23.6. The van der Waals surface area contributed by atoms with Crippen molar-refractivity contribution < 1.29 is 29.0 Å². The smallest absolute Gasteiger partial charge is 0.305 e. The van der Waals surface area contributed by atoms with Gasteiger partial charge in [-0.25, -0.2) is 0 Å². The Hall–Kier alpha value is -1.63. The topological polar surface area (TPSA) is 93.1 Å². The SMILES string of the molecule is CCCCCC(CCCCC)CCOC(=O)CCCCCCCCN(CCCCCCCCC(=O)OCCC(CCCCC)CCCCC)C(=O)CCO. The Morgan fingerprint density at radius 3 is 1.09 bits per heavy atom. The molecule has 0 heterocycles. The highest BCUT2D eigenvalue weighted by molar-refractivity contribution is 5.76. The van der Waals surface area contributed by atoms with Crippen molar-refractivity contribution in [2.75, 3.05) is 32.9 Å². The highest BCUT2D eigenvalue weighted by Gasteiger charge is 2.14. The molecule has 0 aliphatic heterocycles. The van der Waals surface area contributed by atoms with E-state index in [1.54, 1.807) is 0 Å². The maximum atomic E-state index is 12.6. The number of ether oxygens (including phenoxy) is 2. The predicted octanol–water partition coefficient (Wildman–Crippen LogP) is 13.1. The van der Waals surface area contributed by atoms with Crippen LogP contribution in [0.2, 0.25) is 0 Å². The van der Waals surface area contributed by atoms with E-state index in [4.69, 9.17) is 9.47 Å². The highest BCUT2D eigenvalue weighted by atomic mass is 16.5. The molecule has 7 nitrogen and oxygen atoms in total. The fourth-order valence-electron chi connectivity index (χ4n) is 7.59. The molecule has 0 bridgehead atoms. The van der Waals surface area contributed by atoms with Crippen LogP contribution in [0.25, 0.3) is 0 Å². The molecule has 1 N–H and O–H groups in total. The molecule has 54 heavy (non-hydrogen) atoms. The average Bonchev–Trinajstić information content (AvgIpc) is 3.16. The Balaban J connectivity index is 4.03. The zero-order chi connectivity index (χ0) is 39.7. The third kappa shape index (κ3) is 34.8. The van der Waals surface area contributed by atoms with Crippen molar-refractivity contribution in [3.8, 4) is 0 Å². The number of amides is 1. The number of hydrogen-bond donors (Lipinski definition) is 1. The second-order valence-electron chi connectivity index (χ2n) is 16.3. The van der Waals surface area contributed by atoms with Crippen LogP contribution in [0.3, 0.4) is 0 Å². The number of aliphatic hydroxyl groups is 1. The lowest BCUT2D eigenvalue weighted by Gasteiger charge is -2.22. The summed E-state index contributed by atoms with van der Waals surface area (Å²) in [6, 6.07) is 0. The molecule has 320 valence electrons. The minimum atomic E-state index is -0.100. The third-order valence-corrected chi connectivity index (χ3v) is 11.2. The van der Waals surface area contributed by atoms with Gasteiger partial charge in [0.2, 0.25) is 5.91 Å². The zero-order valence-corrected chi connectivity index (χ0v) is 36.5. The van der Waals surface area contributed by atoms with Gasteiger partial charge in [-0.3, -0.25) is 14.4 Å². The van der Waals surface area contributed by atoms with Crippen molar-refractivity contribution >= 4 is 17.8 Å². The van der Waals surface area contributed by atoms with Crippen LogP contribution in [0.4, 0.5) is 0 Å². The molecule has 0 aliphatic rings. The summed E-state index contributed by atoms with van der Waals surface area (Å²) in [7, 11) is 0. The molecule has 0 fully saturated rings. The van der Waals surface area contributed by atoms with Crippen LogP contribution in [-0.4, -0.2) is 60.8 Å². The summed E-state index contributed by atoms with van der Waals surface area (Å²) in [5.74, 6) is 1.35. The quantitative estimate of drug-likeness (QED) is 0.0491. The van der Waals surface area contributed by atoms with Gasteiger partial charge in [-0.1, -0.05) is 182 Å². The molecule has 0 atom stereocenters. The van der Waals surface area contributed by atoms with Gasteiger partial charge >= 0.3 is 11.9 Å². The largest absolute Gasteiger partial charge is 0.466 e. The van der Waals surface area contributed by atoms with Crippen LogP contribution in [-0.2, 0) is 23.9 Å². The molecule has 0 aromatic rings. The van der Waals surface area contributed by atoms with Gasteiger partial charge < -0.3 is 19.5 Å². The van der Waals surface area contributed by atoms with Crippen molar-refractivity contribution in [2.24, 2.45) is 11.8 Å². The number of nitrogens with zero attached hydrogens (tertiary/aromatic N) is 1. The van der Waals surface area contributed by atoms with E-state index in [-0.39, 0.29) is 30.9 Å².